The molecule has 340 valence electrons. The Balaban J connectivity index is 1.58. The van der Waals surface area contributed by atoms with Gasteiger partial charge in [-0.2, -0.15) is 0 Å². The lowest BCUT2D eigenvalue weighted by Crippen LogP contribution is -2.51. The van der Waals surface area contributed by atoms with Gasteiger partial charge in [-0.3, -0.25) is 34.4 Å². The van der Waals surface area contributed by atoms with Crippen LogP contribution >= 0.6 is 0 Å². The van der Waals surface area contributed by atoms with Gasteiger partial charge in [0, 0.05) is 25.6 Å². The lowest BCUT2D eigenvalue weighted by molar-refractivity contribution is -0.167. The van der Waals surface area contributed by atoms with Crippen LogP contribution in [0, 0.1) is 5.92 Å². The van der Waals surface area contributed by atoms with E-state index in [-0.39, 0.29) is 56.7 Å². The van der Waals surface area contributed by atoms with Crippen LogP contribution in [0.15, 0.2) is 35.3 Å². The average Bonchev–Trinajstić information content (AvgIpc) is 3.55. The maximum atomic E-state index is 13.8. The van der Waals surface area contributed by atoms with Gasteiger partial charge in [-0.25, -0.2) is 19.9 Å². The molecule has 0 bridgehead atoms. The molecule has 1 fully saturated rings. The summed E-state index contributed by atoms with van der Waals surface area (Å²) in [5.74, 6) is -5.94. The number of nitrogens with zero attached hydrogens (tertiary/aromatic N) is 3. The fraction of sp³-hybridized carbons (Fsp3) is 0.651. The molecule has 18 heteroatoms. The van der Waals surface area contributed by atoms with Crippen LogP contribution in [-0.2, 0) is 38.2 Å². The molecule has 61 heavy (non-hydrogen) atoms. The number of aromatic hydroxyl groups is 2. The van der Waals surface area contributed by atoms with Crippen LogP contribution in [0.4, 0.5) is 0 Å². The summed E-state index contributed by atoms with van der Waals surface area (Å²) in [6.45, 7) is 4.94. The van der Waals surface area contributed by atoms with E-state index in [9.17, 15) is 49.4 Å². The smallest absolute Gasteiger partial charge is 0.328 e. The van der Waals surface area contributed by atoms with Gasteiger partial charge in [0.15, 0.2) is 17.5 Å². The molecule has 2 aliphatic rings. The van der Waals surface area contributed by atoms with Crippen molar-refractivity contribution in [2.75, 3.05) is 13.1 Å². The summed E-state index contributed by atoms with van der Waals surface area (Å²) in [6.07, 6.45) is 12.1. The molecule has 1 saturated heterocycles. The molecule has 0 radical (unpaired) electrons. The fourth-order valence-electron chi connectivity index (χ4n) is 7.11. The number of ether oxygens (including phenoxy) is 2. The summed E-state index contributed by atoms with van der Waals surface area (Å²) in [4.78, 5) is 80.7. The van der Waals surface area contributed by atoms with Crippen LogP contribution in [-0.4, -0.2) is 121 Å². The van der Waals surface area contributed by atoms with Crippen molar-refractivity contribution in [3.8, 4) is 11.5 Å². The fourth-order valence-corrected chi connectivity index (χ4v) is 7.11. The Hall–Kier alpha value is -5.23. The number of allylic oxidation sites excluding steroid dienone is 1. The molecule has 0 aliphatic carbocycles. The van der Waals surface area contributed by atoms with E-state index in [1.54, 1.807) is 26.8 Å². The van der Waals surface area contributed by atoms with Crippen LogP contribution in [0.3, 0.4) is 0 Å². The van der Waals surface area contributed by atoms with Crippen LogP contribution in [0.25, 0.3) is 0 Å². The number of unbranched alkanes of at least 4 members (excludes halogenated alkanes) is 9. The number of aliphatic carboxylic acids is 1. The minimum absolute atomic E-state index is 0.0244. The number of carbonyl (C=O) groups excluding carboxylic acids is 5. The number of hydroxylamine groups is 4. The normalized spacial score (nSPS) is 19.3. The number of benzene rings is 1. The lowest BCUT2D eigenvalue weighted by atomic mass is 10.00. The first kappa shape index (κ1) is 50.1. The summed E-state index contributed by atoms with van der Waals surface area (Å²) in [7, 11) is 0. The molecule has 0 aromatic heterocycles. The zero-order chi connectivity index (χ0) is 44.9. The predicted molar refractivity (Wildman–Crippen MR) is 221 cm³/mol. The van der Waals surface area contributed by atoms with Gasteiger partial charge >= 0.3 is 11.9 Å². The number of para-hydroxylation sites is 1. The molecule has 7 N–H and O–H groups in total. The van der Waals surface area contributed by atoms with E-state index in [1.165, 1.54) is 24.3 Å². The highest BCUT2D eigenvalue weighted by Crippen LogP contribution is 2.31. The molecule has 2 aliphatic heterocycles. The Labute approximate surface area is 357 Å². The summed E-state index contributed by atoms with van der Waals surface area (Å²) < 4.78 is 11.6. The minimum atomic E-state index is -1.25. The van der Waals surface area contributed by atoms with Crippen LogP contribution in [0.1, 0.15) is 135 Å². The van der Waals surface area contributed by atoms with Crippen molar-refractivity contribution in [3.63, 3.8) is 0 Å². The number of phenols is 2. The van der Waals surface area contributed by atoms with Crippen molar-refractivity contribution in [1.82, 2.24) is 20.8 Å². The number of aliphatic imine (C=N–C) groups is 1. The number of hydrogen-bond donors (Lipinski definition) is 7. The van der Waals surface area contributed by atoms with E-state index in [2.05, 4.69) is 15.6 Å². The Bertz CT molecular complexity index is 1690. The molecule has 3 rings (SSSR count). The molecule has 6 atom stereocenters. The third-order valence-electron chi connectivity index (χ3n) is 10.9. The van der Waals surface area contributed by atoms with Crippen molar-refractivity contribution < 1.29 is 64.0 Å². The van der Waals surface area contributed by atoms with Crippen LogP contribution < -0.4 is 10.6 Å². The average molecular weight is 860 g/mol. The monoisotopic (exact) mass is 859 g/mol. The minimum Gasteiger partial charge on any atom is -0.504 e. The molecular formula is C43H65N5O13. The first-order valence-corrected chi connectivity index (χ1v) is 21.6. The molecule has 0 saturated carbocycles. The maximum absolute atomic E-state index is 13.8. The second-order valence-corrected chi connectivity index (χ2v) is 15.7. The van der Waals surface area contributed by atoms with Gasteiger partial charge in [-0.1, -0.05) is 64.5 Å². The Kier molecular flexibility index (Phi) is 21.5. The second kappa shape index (κ2) is 26.2. The molecule has 1 aromatic carbocycles. The highest BCUT2D eigenvalue weighted by molar-refractivity contribution is 6.01. The quantitative estimate of drug-likeness (QED) is 0.0164. The first-order valence-electron chi connectivity index (χ1n) is 21.6. The van der Waals surface area contributed by atoms with E-state index in [4.69, 9.17) is 14.6 Å². The molecule has 4 amide bonds. The summed E-state index contributed by atoms with van der Waals surface area (Å²) >= 11 is 0. The standard InChI is InChI=1S/C43H65N5O13/c1-4-34(28(2)39(54)44-31-21-15-18-27-48(59)42(31)56)61-43(57)32(45-40(55)37-29(3)60-41(46-37)30-20-19-23-33(49)38(30)53)22-16-17-26-47(58)35(50)24-13-11-9-7-5-6-8-10-12-14-25-36(51)52/h13,19-20,23-24,28-29,31-32,34,37,49,53,58-59H,4-12,14-18,21-22,25-27H2,1-3H3,(H,44,54)(H,45,55)(H,51,52)/b24-13+. The SMILES string of the molecule is CCC(OC(=O)C(CCCCN(O)C(=O)/C=C/CCCCCCCCCCC(=O)O)NC(=O)C1N=C(c2cccc(O)c2O)OC1C)C(C)C(=O)NC1CCCCN(O)C1=O. The Morgan fingerprint density at radius 3 is 2.39 bits per heavy atom. The topological polar surface area (TPSA) is 265 Å². The van der Waals surface area contributed by atoms with Gasteiger partial charge in [-0.15, -0.1) is 0 Å². The molecular weight excluding hydrogens is 794 g/mol. The van der Waals surface area contributed by atoms with Crippen LogP contribution in [0.2, 0.25) is 0 Å². The van der Waals surface area contributed by atoms with Gasteiger partial charge < -0.3 is 35.4 Å². The summed E-state index contributed by atoms with van der Waals surface area (Å²) in [6, 6.07) is 0.874. The zero-order valence-corrected chi connectivity index (χ0v) is 35.6. The van der Waals surface area contributed by atoms with Crippen molar-refractivity contribution in [3.05, 3.63) is 35.9 Å². The lowest BCUT2D eigenvalue weighted by Gasteiger charge is -2.27. The predicted octanol–water partition coefficient (Wildman–Crippen LogP) is 4.89. The van der Waals surface area contributed by atoms with Gasteiger partial charge in [0.2, 0.25) is 17.7 Å². The second-order valence-electron chi connectivity index (χ2n) is 15.7. The largest absolute Gasteiger partial charge is 0.504 e. The highest BCUT2D eigenvalue weighted by atomic mass is 16.5. The number of carboxylic acid groups (broad SMARTS) is 1. The zero-order valence-electron chi connectivity index (χ0n) is 35.6. The number of esters is 1. The third-order valence-corrected chi connectivity index (χ3v) is 10.9. The van der Waals surface area contributed by atoms with Gasteiger partial charge in [-0.05, 0) is 83.3 Å². The number of rotatable bonds is 26. The van der Waals surface area contributed by atoms with E-state index in [0.29, 0.717) is 42.2 Å². The van der Waals surface area contributed by atoms with Gasteiger partial charge in [0.1, 0.15) is 24.3 Å². The third kappa shape index (κ3) is 16.6. The number of carbonyl (C=O) groups is 6. The molecule has 0 spiro atoms. The number of phenolic OH excluding ortho intramolecular Hbond substituents is 2. The molecule has 18 nitrogen and oxygen atoms in total. The Morgan fingerprint density at radius 2 is 1.70 bits per heavy atom. The molecule has 6 unspecified atom stereocenters. The first-order chi connectivity index (χ1) is 29.1. The van der Waals surface area contributed by atoms with Crippen molar-refractivity contribution in [1.29, 1.82) is 0 Å². The van der Waals surface area contributed by atoms with Gasteiger partial charge in [0.25, 0.3) is 11.8 Å². The number of hydrogen-bond acceptors (Lipinski definition) is 13. The maximum Gasteiger partial charge on any atom is 0.328 e. The number of amides is 4. The van der Waals surface area contributed by atoms with E-state index >= 15 is 0 Å². The van der Waals surface area contributed by atoms with E-state index in [1.807, 2.05) is 0 Å². The van der Waals surface area contributed by atoms with Crippen molar-refractivity contribution in [2.24, 2.45) is 10.9 Å². The Morgan fingerprint density at radius 1 is 1.02 bits per heavy atom. The van der Waals surface area contributed by atoms with Crippen LogP contribution in [0.5, 0.6) is 11.5 Å². The van der Waals surface area contributed by atoms with E-state index < -0.39 is 83.3 Å². The number of nitrogens with one attached hydrogen (secondary N) is 2. The van der Waals surface area contributed by atoms with E-state index in [0.717, 1.165) is 44.9 Å². The molecule has 2 heterocycles. The van der Waals surface area contributed by atoms with Gasteiger partial charge in [0.05, 0.1) is 11.5 Å². The van der Waals surface area contributed by atoms with Crippen molar-refractivity contribution in [2.45, 2.75) is 160 Å². The number of carboxylic acids is 1. The molecule has 1 aromatic rings. The summed E-state index contributed by atoms with van der Waals surface area (Å²) in [5, 5.41) is 55.9. The van der Waals surface area contributed by atoms with Crippen molar-refractivity contribution >= 4 is 41.5 Å². The highest BCUT2D eigenvalue weighted by Gasteiger charge is 2.38. The summed E-state index contributed by atoms with van der Waals surface area (Å²) in [5.41, 5.74) is 0.0704.